The third-order valence-corrected chi connectivity index (χ3v) is 5.23. The normalized spacial score (nSPS) is 22.2. The Bertz CT molecular complexity index is 619. The van der Waals surface area contributed by atoms with E-state index in [0.717, 1.165) is 25.1 Å². The topological polar surface area (TPSA) is 41.6 Å². The van der Waals surface area contributed by atoms with Gasteiger partial charge in [-0.05, 0) is 49.4 Å². The monoisotopic (exact) mass is 356 g/mol. The van der Waals surface area contributed by atoms with E-state index in [4.69, 9.17) is 4.74 Å². The number of rotatable bonds is 3. The lowest BCUT2D eigenvalue weighted by molar-refractivity contribution is -0.146. The molecule has 138 valence electrons. The van der Waals surface area contributed by atoms with Gasteiger partial charge in [0, 0.05) is 25.3 Å². The fraction of sp³-hybridized carbons (Fsp3) is 0.611. The summed E-state index contributed by atoms with van der Waals surface area (Å²) in [7, 11) is 1.37. The zero-order valence-corrected chi connectivity index (χ0v) is 14.2. The van der Waals surface area contributed by atoms with Crippen molar-refractivity contribution < 1.29 is 22.7 Å². The van der Waals surface area contributed by atoms with Gasteiger partial charge in [-0.25, -0.2) is 0 Å². The number of piperidine rings is 1. The maximum atomic E-state index is 13.2. The molecule has 25 heavy (non-hydrogen) atoms. The van der Waals surface area contributed by atoms with Crippen LogP contribution in [0.4, 0.5) is 18.9 Å². The van der Waals surface area contributed by atoms with Gasteiger partial charge in [0.05, 0.1) is 18.6 Å². The summed E-state index contributed by atoms with van der Waals surface area (Å²) < 4.78 is 44.3. The van der Waals surface area contributed by atoms with Gasteiger partial charge in [-0.1, -0.05) is 6.07 Å². The maximum Gasteiger partial charge on any atom is 0.416 e. The molecule has 2 saturated heterocycles. The Labute approximate surface area is 145 Å². The Morgan fingerprint density at radius 1 is 1.24 bits per heavy atom. The molecule has 1 aromatic carbocycles. The van der Waals surface area contributed by atoms with Gasteiger partial charge in [0.15, 0.2) is 0 Å². The van der Waals surface area contributed by atoms with E-state index in [-0.39, 0.29) is 17.8 Å². The lowest BCUT2D eigenvalue weighted by atomic mass is 9.91. The van der Waals surface area contributed by atoms with Crippen molar-refractivity contribution in [3.05, 3.63) is 29.3 Å². The van der Waals surface area contributed by atoms with E-state index in [1.807, 2.05) is 4.90 Å². The molecule has 2 aliphatic rings. The second-order valence-electron chi connectivity index (χ2n) is 6.75. The molecule has 7 heteroatoms. The van der Waals surface area contributed by atoms with E-state index in [0.29, 0.717) is 31.6 Å². The smallest absolute Gasteiger partial charge is 0.416 e. The molecule has 4 nitrogen and oxygen atoms in total. The third kappa shape index (κ3) is 3.92. The average molecular weight is 356 g/mol. The first-order valence-corrected chi connectivity index (χ1v) is 8.64. The molecule has 0 unspecified atom stereocenters. The highest BCUT2D eigenvalue weighted by atomic mass is 19.4. The van der Waals surface area contributed by atoms with E-state index in [2.05, 4.69) is 5.32 Å². The number of halogens is 3. The van der Waals surface area contributed by atoms with E-state index < -0.39 is 11.7 Å². The van der Waals surface area contributed by atoms with Crippen LogP contribution in [0.15, 0.2) is 18.2 Å². The first-order chi connectivity index (χ1) is 11.9. The summed E-state index contributed by atoms with van der Waals surface area (Å²) in [6, 6.07) is 4.08. The summed E-state index contributed by atoms with van der Waals surface area (Å²) in [4.78, 5) is 13.7. The molecule has 0 saturated carbocycles. The molecule has 2 heterocycles. The quantitative estimate of drug-likeness (QED) is 0.845. The Balaban J connectivity index is 1.86. The average Bonchev–Trinajstić information content (AvgIpc) is 3.14. The van der Waals surface area contributed by atoms with Crippen LogP contribution in [-0.4, -0.2) is 39.3 Å². The number of alkyl halides is 3. The Morgan fingerprint density at radius 2 is 1.96 bits per heavy atom. The molecule has 3 rings (SSSR count). The van der Waals surface area contributed by atoms with Crippen LogP contribution in [-0.2, 0) is 15.7 Å². The number of benzene rings is 1. The second kappa shape index (κ2) is 7.23. The summed E-state index contributed by atoms with van der Waals surface area (Å²) in [6.07, 6.45) is -2.22. The van der Waals surface area contributed by atoms with Crippen molar-refractivity contribution in [1.82, 2.24) is 5.32 Å². The lowest BCUT2D eigenvalue weighted by Crippen LogP contribution is -2.37. The minimum Gasteiger partial charge on any atom is -0.469 e. The highest BCUT2D eigenvalue weighted by Crippen LogP contribution is 2.38. The van der Waals surface area contributed by atoms with E-state index in [1.165, 1.54) is 19.2 Å². The molecule has 0 amide bonds. The molecule has 2 fully saturated rings. The molecule has 0 aliphatic carbocycles. The standard InChI is InChI=1S/C18H23F3N2O2/c1-25-17(24)12-5-8-23(9-6-12)16-10-14(18(19,20)21)2-3-15(16)13-4-7-22-11-13/h2-3,10,12-13,22H,4-9,11H2,1H3/t13-/m1/s1. The Kier molecular flexibility index (Phi) is 5.22. The number of hydrogen-bond donors (Lipinski definition) is 1. The molecule has 0 spiro atoms. The number of nitrogens with zero attached hydrogens (tertiary/aromatic N) is 1. The summed E-state index contributed by atoms with van der Waals surface area (Å²) in [5.41, 5.74) is 1.01. The minimum absolute atomic E-state index is 0.163. The van der Waals surface area contributed by atoms with E-state index >= 15 is 0 Å². The highest BCUT2D eigenvalue weighted by Gasteiger charge is 2.34. The van der Waals surface area contributed by atoms with Crippen molar-refractivity contribution in [3.63, 3.8) is 0 Å². The predicted octanol–water partition coefficient (Wildman–Crippen LogP) is 3.17. The zero-order valence-electron chi connectivity index (χ0n) is 14.2. The van der Waals surface area contributed by atoms with Crippen LogP contribution in [0, 0.1) is 5.92 Å². The summed E-state index contributed by atoms with van der Waals surface area (Å²) in [5, 5.41) is 3.27. The molecule has 2 aliphatic heterocycles. The van der Waals surface area contributed by atoms with Gasteiger partial charge >= 0.3 is 12.1 Å². The number of nitrogens with one attached hydrogen (secondary N) is 1. The number of hydrogen-bond acceptors (Lipinski definition) is 4. The van der Waals surface area contributed by atoms with Gasteiger partial charge in [0.1, 0.15) is 0 Å². The number of anilines is 1. The predicted molar refractivity (Wildman–Crippen MR) is 88.6 cm³/mol. The Hall–Kier alpha value is -1.76. The molecular weight excluding hydrogens is 333 g/mol. The van der Waals surface area contributed by atoms with Crippen molar-refractivity contribution >= 4 is 11.7 Å². The van der Waals surface area contributed by atoms with Crippen LogP contribution >= 0.6 is 0 Å². The second-order valence-corrected chi connectivity index (χ2v) is 6.75. The number of carbonyl (C=O) groups is 1. The van der Waals surface area contributed by atoms with Crippen molar-refractivity contribution in [2.24, 2.45) is 5.92 Å². The van der Waals surface area contributed by atoms with Crippen LogP contribution in [0.3, 0.4) is 0 Å². The minimum atomic E-state index is -4.36. The zero-order chi connectivity index (χ0) is 18.0. The molecule has 1 atom stereocenters. The molecule has 0 radical (unpaired) electrons. The number of esters is 1. The van der Waals surface area contributed by atoms with Crippen LogP contribution in [0.25, 0.3) is 0 Å². The van der Waals surface area contributed by atoms with Crippen LogP contribution in [0.2, 0.25) is 0 Å². The fourth-order valence-electron chi connectivity index (χ4n) is 3.78. The molecular formula is C18H23F3N2O2. The van der Waals surface area contributed by atoms with Crippen molar-refractivity contribution in [2.75, 3.05) is 38.2 Å². The van der Waals surface area contributed by atoms with Gasteiger partial charge in [0.25, 0.3) is 0 Å². The molecule has 0 aromatic heterocycles. The van der Waals surface area contributed by atoms with E-state index in [1.54, 1.807) is 6.07 Å². The first-order valence-electron chi connectivity index (χ1n) is 8.64. The highest BCUT2D eigenvalue weighted by molar-refractivity contribution is 5.73. The number of carbonyl (C=O) groups excluding carboxylic acids is 1. The van der Waals surface area contributed by atoms with Crippen molar-refractivity contribution in [3.8, 4) is 0 Å². The summed E-state index contributed by atoms with van der Waals surface area (Å²) >= 11 is 0. The van der Waals surface area contributed by atoms with Gasteiger partial charge in [0.2, 0.25) is 0 Å². The first kappa shape index (κ1) is 18.0. The van der Waals surface area contributed by atoms with Gasteiger partial charge < -0.3 is 15.0 Å². The molecule has 1 N–H and O–H groups in total. The van der Waals surface area contributed by atoms with Gasteiger partial charge in [-0.2, -0.15) is 13.2 Å². The SMILES string of the molecule is COC(=O)C1CCN(c2cc(C(F)(F)F)ccc2[C@@H]2CCNC2)CC1. The fourth-order valence-corrected chi connectivity index (χ4v) is 3.78. The lowest BCUT2D eigenvalue weighted by Gasteiger charge is -2.35. The van der Waals surface area contributed by atoms with E-state index in [9.17, 15) is 18.0 Å². The maximum absolute atomic E-state index is 13.2. The Morgan fingerprint density at radius 3 is 2.52 bits per heavy atom. The number of ether oxygens (including phenoxy) is 1. The van der Waals surface area contributed by atoms with Crippen molar-refractivity contribution in [1.29, 1.82) is 0 Å². The van der Waals surface area contributed by atoms with Gasteiger partial charge in [-0.15, -0.1) is 0 Å². The number of methoxy groups -OCH3 is 1. The van der Waals surface area contributed by atoms with Crippen LogP contribution in [0.5, 0.6) is 0 Å². The summed E-state index contributed by atoms with van der Waals surface area (Å²) in [6.45, 7) is 2.80. The van der Waals surface area contributed by atoms with Crippen LogP contribution < -0.4 is 10.2 Å². The molecule has 1 aromatic rings. The van der Waals surface area contributed by atoms with Crippen LogP contribution in [0.1, 0.15) is 36.3 Å². The molecule has 0 bridgehead atoms. The third-order valence-electron chi connectivity index (χ3n) is 5.23. The van der Waals surface area contributed by atoms with Gasteiger partial charge in [-0.3, -0.25) is 4.79 Å². The summed E-state index contributed by atoms with van der Waals surface area (Å²) in [5.74, 6) is -0.164. The van der Waals surface area contributed by atoms with Crippen molar-refractivity contribution in [2.45, 2.75) is 31.4 Å². The largest absolute Gasteiger partial charge is 0.469 e.